The van der Waals surface area contributed by atoms with Crippen LogP contribution in [-0.2, 0) is 0 Å². The number of rotatable bonds is 9. The minimum absolute atomic E-state index is 0.981. The third-order valence-electron chi connectivity index (χ3n) is 2.60. The van der Waals surface area contributed by atoms with Crippen molar-refractivity contribution in [3.63, 3.8) is 0 Å². The standard InChI is InChI=1S/C14H25I/c1-2-3-4-5-6-7-8-9-10-11-12-13-14-15/h2-11,14H2,1H3. The first-order chi connectivity index (χ1) is 7.41. The molecule has 0 nitrogen and oxygen atoms in total. The summed E-state index contributed by atoms with van der Waals surface area (Å²) in [5.74, 6) is 6.31. The number of unbranched alkanes of at least 4 members (excludes halogenated alkanes) is 9. The molecule has 0 fully saturated rings. The van der Waals surface area contributed by atoms with Crippen molar-refractivity contribution < 1.29 is 0 Å². The van der Waals surface area contributed by atoms with Gasteiger partial charge in [-0.05, 0) is 6.42 Å². The maximum atomic E-state index is 3.20. The van der Waals surface area contributed by atoms with Gasteiger partial charge < -0.3 is 0 Å². The topological polar surface area (TPSA) is 0 Å². The Bertz CT molecular complexity index is 164. The molecular formula is C14H25I. The van der Waals surface area contributed by atoms with E-state index in [1.165, 1.54) is 57.8 Å². The van der Waals surface area contributed by atoms with E-state index in [1.807, 2.05) is 0 Å². The number of hydrogen-bond acceptors (Lipinski definition) is 0. The summed E-state index contributed by atoms with van der Waals surface area (Å²) in [5, 5.41) is 0. The Morgan fingerprint density at radius 3 is 1.80 bits per heavy atom. The second-order valence-corrected chi connectivity index (χ2v) is 4.83. The van der Waals surface area contributed by atoms with Gasteiger partial charge in [0.15, 0.2) is 0 Å². The lowest BCUT2D eigenvalue weighted by Gasteiger charge is -1.99. The summed E-state index contributed by atoms with van der Waals surface area (Å²) in [5.41, 5.74) is 0. The number of hydrogen-bond donors (Lipinski definition) is 0. The van der Waals surface area contributed by atoms with E-state index in [2.05, 4.69) is 41.4 Å². The van der Waals surface area contributed by atoms with Crippen LogP contribution < -0.4 is 0 Å². The van der Waals surface area contributed by atoms with E-state index in [0.29, 0.717) is 0 Å². The zero-order valence-electron chi connectivity index (χ0n) is 10.2. The molecule has 0 radical (unpaired) electrons. The van der Waals surface area contributed by atoms with Gasteiger partial charge in [-0.2, -0.15) is 0 Å². The van der Waals surface area contributed by atoms with Gasteiger partial charge >= 0.3 is 0 Å². The van der Waals surface area contributed by atoms with E-state index in [9.17, 15) is 0 Å². The Morgan fingerprint density at radius 2 is 1.27 bits per heavy atom. The molecule has 0 heterocycles. The maximum Gasteiger partial charge on any atom is 0.0609 e. The molecule has 0 saturated carbocycles. The average molecular weight is 320 g/mol. The van der Waals surface area contributed by atoms with Crippen molar-refractivity contribution in [3.8, 4) is 11.8 Å². The van der Waals surface area contributed by atoms with Gasteiger partial charge in [0.1, 0.15) is 0 Å². The summed E-state index contributed by atoms with van der Waals surface area (Å²) < 4.78 is 0.981. The number of halogens is 1. The molecule has 0 saturated heterocycles. The van der Waals surface area contributed by atoms with Crippen LogP contribution >= 0.6 is 22.6 Å². The van der Waals surface area contributed by atoms with Crippen LogP contribution in [0, 0.1) is 11.8 Å². The van der Waals surface area contributed by atoms with Crippen LogP contribution in [0.25, 0.3) is 0 Å². The van der Waals surface area contributed by atoms with Gasteiger partial charge in [-0.15, -0.1) is 5.92 Å². The lowest BCUT2D eigenvalue weighted by Crippen LogP contribution is -1.80. The lowest BCUT2D eigenvalue weighted by atomic mass is 10.1. The minimum Gasteiger partial charge on any atom is -0.103 e. The summed E-state index contributed by atoms with van der Waals surface area (Å²) >= 11 is 2.30. The van der Waals surface area contributed by atoms with Crippen molar-refractivity contribution in [3.05, 3.63) is 0 Å². The molecule has 15 heavy (non-hydrogen) atoms. The molecular weight excluding hydrogens is 295 g/mol. The van der Waals surface area contributed by atoms with Gasteiger partial charge in [0.25, 0.3) is 0 Å². The first-order valence-corrected chi connectivity index (χ1v) is 7.96. The molecule has 0 aliphatic rings. The summed E-state index contributed by atoms with van der Waals surface area (Å²) in [6, 6.07) is 0. The van der Waals surface area contributed by atoms with Crippen molar-refractivity contribution in [2.45, 2.75) is 71.1 Å². The fourth-order valence-electron chi connectivity index (χ4n) is 1.66. The smallest absolute Gasteiger partial charge is 0.0609 e. The van der Waals surface area contributed by atoms with Crippen LogP contribution in [0.3, 0.4) is 0 Å². The Morgan fingerprint density at radius 1 is 0.733 bits per heavy atom. The highest BCUT2D eigenvalue weighted by molar-refractivity contribution is 14.1. The fraction of sp³-hybridized carbons (Fsp3) is 0.857. The van der Waals surface area contributed by atoms with E-state index in [0.717, 1.165) is 10.8 Å². The molecule has 0 spiro atoms. The second-order valence-electron chi connectivity index (χ2n) is 4.07. The van der Waals surface area contributed by atoms with Crippen molar-refractivity contribution >= 4 is 22.6 Å². The predicted octanol–water partition coefficient (Wildman–Crippen LogP) is 5.35. The van der Waals surface area contributed by atoms with Gasteiger partial charge in [-0.3, -0.25) is 0 Å². The summed E-state index contributed by atoms with van der Waals surface area (Å²) in [6.45, 7) is 2.27. The van der Waals surface area contributed by atoms with Crippen LogP contribution in [0.1, 0.15) is 71.1 Å². The van der Waals surface area contributed by atoms with E-state index < -0.39 is 0 Å². The molecule has 0 atom stereocenters. The molecule has 88 valence electrons. The van der Waals surface area contributed by atoms with Crippen molar-refractivity contribution in [1.29, 1.82) is 0 Å². The molecule has 0 unspecified atom stereocenters. The fourth-order valence-corrected chi connectivity index (χ4v) is 1.93. The average Bonchev–Trinajstić information content (AvgIpc) is 2.26. The van der Waals surface area contributed by atoms with Crippen LogP contribution in [0.4, 0.5) is 0 Å². The van der Waals surface area contributed by atoms with Crippen molar-refractivity contribution in [1.82, 2.24) is 0 Å². The van der Waals surface area contributed by atoms with Crippen LogP contribution in [-0.4, -0.2) is 4.43 Å². The lowest BCUT2D eigenvalue weighted by molar-refractivity contribution is 0.567. The van der Waals surface area contributed by atoms with Crippen molar-refractivity contribution in [2.75, 3.05) is 4.43 Å². The highest BCUT2D eigenvalue weighted by Crippen LogP contribution is 2.10. The monoisotopic (exact) mass is 320 g/mol. The van der Waals surface area contributed by atoms with Gasteiger partial charge in [-0.25, -0.2) is 0 Å². The largest absolute Gasteiger partial charge is 0.103 e. The molecule has 1 heteroatoms. The van der Waals surface area contributed by atoms with Crippen LogP contribution in [0.15, 0.2) is 0 Å². The predicted molar refractivity (Wildman–Crippen MR) is 78.5 cm³/mol. The molecule has 0 rings (SSSR count). The Kier molecular flexibility index (Phi) is 14.6. The summed E-state index contributed by atoms with van der Waals surface area (Å²) in [4.78, 5) is 0. The maximum absolute atomic E-state index is 3.20. The molecule has 0 N–H and O–H groups in total. The molecule has 0 bridgehead atoms. The number of alkyl halides is 1. The molecule has 0 aromatic rings. The Labute approximate surface area is 110 Å². The second kappa shape index (κ2) is 14.3. The third kappa shape index (κ3) is 14.3. The van der Waals surface area contributed by atoms with Gasteiger partial charge in [0, 0.05) is 6.42 Å². The minimum atomic E-state index is 0.981. The Balaban J connectivity index is 2.92. The zero-order valence-corrected chi connectivity index (χ0v) is 12.3. The van der Waals surface area contributed by atoms with E-state index in [-0.39, 0.29) is 0 Å². The van der Waals surface area contributed by atoms with Crippen LogP contribution in [0.5, 0.6) is 0 Å². The first-order valence-electron chi connectivity index (χ1n) is 6.43. The quantitative estimate of drug-likeness (QED) is 0.233. The Hall–Kier alpha value is 0.290. The summed E-state index contributed by atoms with van der Waals surface area (Å²) in [7, 11) is 0. The highest BCUT2D eigenvalue weighted by atomic mass is 127. The van der Waals surface area contributed by atoms with Gasteiger partial charge in [-0.1, -0.05) is 86.8 Å². The molecule has 0 aromatic carbocycles. The van der Waals surface area contributed by atoms with E-state index >= 15 is 0 Å². The van der Waals surface area contributed by atoms with Gasteiger partial charge in [0.05, 0.1) is 4.43 Å². The summed E-state index contributed by atoms with van der Waals surface area (Å²) in [6.07, 6.45) is 13.8. The van der Waals surface area contributed by atoms with E-state index in [1.54, 1.807) is 0 Å². The molecule has 0 amide bonds. The highest BCUT2D eigenvalue weighted by Gasteiger charge is 1.90. The van der Waals surface area contributed by atoms with Gasteiger partial charge in [0.2, 0.25) is 0 Å². The van der Waals surface area contributed by atoms with E-state index in [4.69, 9.17) is 0 Å². The first kappa shape index (κ1) is 15.3. The molecule has 0 aliphatic heterocycles. The van der Waals surface area contributed by atoms with Crippen molar-refractivity contribution in [2.24, 2.45) is 0 Å². The third-order valence-corrected chi connectivity index (χ3v) is 2.98. The zero-order chi connectivity index (χ0) is 11.2. The molecule has 0 aromatic heterocycles. The molecule has 0 aliphatic carbocycles. The normalized spacial score (nSPS) is 9.73. The van der Waals surface area contributed by atoms with Crippen LogP contribution in [0.2, 0.25) is 0 Å². The SMILES string of the molecule is CCCCCCCCCCCC#CCI.